The van der Waals surface area contributed by atoms with Crippen molar-refractivity contribution in [2.75, 3.05) is 13.1 Å². The van der Waals surface area contributed by atoms with Crippen LogP contribution in [0.1, 0.15) is 29.0 Å². The molecule has 0 saturated carbocycles. The lowest BCUT2D eigenvalue weighted by Gasteiger charge is -2.31. The minimum Gasteiger partial charge on any atom is -0.474 e. The number of carbonyl (C=O) groups is 1. The van der Waals surface area contributed by atoms with E-state index in [0.29, 0.717) is 30.4 Å². The molecule has 0 aliphatic carbocycles. The monoisotopic (exact) mass is 394 g/mol. The molecule has 1 fully saturated rings. The third-order valence-corrected chi connectivity index (χ3v) is 5.12. The second-order valence-electron chi connectivity index (χ2n) is 7.27. The van der Waals surface area contributed by atoms with Crippen LogP contribution in [0.4, 0.5) is 4.39 Å². The van der Waals surface area contributed by atoms with Crippen molar-refractivity contribution >= 4 is 5.91 Å². The number of ether oxygens (including phenoxy) is 1. The molecule has 0 unspecified atom stereocenters. The second-order valence-corrected chi connectivity index (χ2v) is 7.27. The SMILES string of the molecule is Cc1cccc(OC2CCN(C(=O)c3cc(-c4ccc(F)cc4)nn3C)CC2)n1. The minimum atomic E-state index is -0.299. The maximum absolute atomic E-state index is 13.1. The molecule has 0 bridgehead atoms. The Labute approximate surface area is 168 Å². The van der Waals surface area contributed by atoms with Crippen LogP contribution in [0.15, 0.2) is 48.5 Å². The molecule has 150 valence electrons. The van der Waals surface area contributed by atoms with E-state index in [0.717, 1.165) is 24.1 Å². The first-order valence-electron chi connectivity index (χ1n) is 9.69. The van der Waals surface area contributed by atoms with Crippen LogP contribution in [0.25, 0.3) is 11.3 Å². The van der Waals surface area contributed by atoms with Gasteiger partial charge in [0.15, 0.2) is 0 Å². The first kappa shape index (κ1) is 19.1. The van der Waals surface area contributed by atoms with Gasteiger partial charge in [0.05, 0.1) is 5.69 Å². The highest BCUT2D eigenvalue weighted by Gasteiger charge is 2.27. The van der Waals surface area contributed by atoms with Crippen LogP contribution >= 0.6 is 0 Å². The highest BCUT2D eigenvalue weighted by molar-refractivity contribution is 5.93. The molecule has 3 aromatic rings. The average molecular weight is 394 g/mol. The molecule has 0 atom stereocenters. The largest absolute Gasteiger partial charge is 0.474 e. The number of hydrogen-bond donors (Lipinski definition) is 0. The number of aromatic nitrogens is 3. The summed E-state index contributed by atoms with van der Waals surface area (Å²) in [6, 6.07) is 13.6. The number of amides is 1. The second kappa shape index (κ2) is 8.03. The molecular formula is C22H23FN4O2. The number of piperidine rings is 1. The van der Waals surface area contributed by atoms with Crippen molar-refractivity contribution in [3.8, 4) is 17.1 Å². The van der Waals surface area contributed by atoms with Gasteiger partial charge in [-0.3, -0.25) is 9.48 Å². The van der Waals surface area contributed by atoms with E-state index < -0.39 is 0 Å². The van der Waals surface area contributed by atoms with Crippen molar-refractivity contribution < 1.29 is 13.9 Å². The van der Waals surface area contributed by atoms with E-state index in [1.165, 1.54) is 12.1 Å². The van der Waals surface area contributed by atoms with Crippen molar-refractivity contribution in [3.05, 3.63) is 65.7 Å². The van der Waals surface area contributed by atoms with Gasteiger partial charge in [-0.15, -0.1) is 0 Å². The first-order chi connectivity index (χ1) is 14.0. The third kappa shape index (κ3) is 4.29. The molecule has 29 heavy (non-hydrogen) atoms. The number of nitrogens with zero attached hydrogens (tertiary/aromatic N) is 4. The van der Waals surface area contributed by atoms with E-state index in [-0.39, 0.29) is 17.8 Å². The van der Waals surface area contributed by atoms with E-state index in [1.807, 2.05) is 30.0 Å². The number of halogens is 1. The maximum atomic E-state index is 13.1. The van der Waals surface area contributed by atoms with Crippen LogP contribution in [-0.2, 0) is 7.05 Å². The van der Waals surface area contributed by atoms with Gasteiger partial charge in [0, 0.05) is 50.3 Å². The van der Waals surface area contributed by atoms with E-state index in [4.69, 9.17) is 4.74 Å². The fraction of sp³-hybridized carbons (Fsp3) is 0.318. The van der Waals surface area contributed by atoms with Crippen LogP contribution in [0.2, 0.25) is 0 Å². The van der Waals surface area contributed by atoms with E-state index >= 15 is 0 Å². The van der Waals surface area contributed by atoms with E-state index in [2.05, 4.69) is 10.1 Å². The van der Waals surface area contributed by atoms with Crippen molar-refractivity contribution in [3.63, 3.8) is 0 Å². The molecule has 6 nitrogen and oxygen atoms in total. The molecule has 4 rings (SSSR count). The molecule has 1 aliphatic rings. The zero-order valence-corrected chi connectivity index (χ0v) is 16.5. The fourth-order valence-electron chi connectivity index (χ4n) is 3.52. The van der Waals surface area contributed by atoms with Crippen LogP contribution in [-0.4, -0.2) is 44.8 Å². The van der Waals surface area contributed by atoms with Crippen LogP contribution < -0.4 is 4.74 Å². The summed E-state index contributed by atoms with van der Waals surface area (Å²) in [5.74, 6) is 0.276. The summed E-state index contributed by atoms with van der Waals surface area (Å²) >= 11 is 0. The van der Waals surface area contributed by atoms with Gasteiger partial charge in [0.25, 0.3) is 5.91 Å². The number of rotatable bonds is 4. The van der Waals surface area contributed by atoms with Gasteiger partial charge in [0.1, 0.15) is 17.6 Å². The summed E-state index contributed by atoms with van der Waals surface area (Å²) in [6.45, 7) is 3.17. The third-order valence-electron chi connectivity index (χ3n) is 5.12. The lowest BCUT2D eigenvalue weighted by atomic mass is 10.1. The average Bonchev–Trinajstić information content (AvgIpc) is 3.10. The van der Waals surface area contributed by atoms with Crippen LogP contribution in [0, 0.1) is 12.7 Å². The Hall–Kier alpha value is -3.22. The maximum Gasteiger partial charge on any atom is 0.272 e. The zero-order valence-electron chi connectivity index (χ0n) is 16.5. The number of pyridine rings is 1. The summed E-state index contributed by atoms with van der Waals surface area (Å²) in [5, 5.41) is 4.42. The predicted octanol–water partition coefficient (Wildman–Crippen LogP) is 3.61. The van der Waals surface area contributed by atoms with Crippen LogP contribution in [0.5, 0.6) is 5.88 Å². The fourth-order valence-corrected chi connectivity index (χ4v) is 3.52. The highest BCUT2D eigenvalue weighted by Crippen LogP contribution is 2.22. The van der Waals surface area contributed by atoms with Crippen molar-refractivity contribution in [2.24, 2.45) is 7.05 Å². The Morgan fingerprint density at radius 3 is 2.55 bits per heavy atom. The molecule has 0 spiro atoms. The van der Waals surface area contributed by atoms with Gasteiger partial charge in [-0.1, -0.05) is 6.07 Å². The summed E-state index contributed by atoms with van der Waals surface area (Å²) in [7, 11) is 1.75. The molecule has 1 saturated heterocycles. The van der Waals surface area contributed by atoms with Crippen molar-refractivity contribution in [1.29, 1.82) is 0 Å². The van der Waals surface area contributed by atoms with Crippen LogP contribution in [0.3, 0.4) is 0 Å². The van der Waals surface area contributed by atoms with Gasteiger partial charge in [-0.25, -0.2) is 9.37 Å². The molecule has 7 heteroatoms. The number of aryl methyl sites for hydroxylation is 2. The smallest absolute Gasteiger partial charge is 0.272 e. The number of benzene rings is 1. The van der Waals surface area contributed by atoms with Gasteiger partial charge in [-0.2, -0.15) is 5.10 Å². The highest BCUT2D eigenvalue weighted by atomic mass is 19.1. The lowest BCUT2D eigenvalue weighted by molar-refractivity contribution is 0.0578. The Morgan fingerprint density at radius 1 is 1.14 bits per heavy atom. The number of hydrogen-bond acceptors (Lipinski definition) is 4. The minimum absolute atomic E-state index is 0.0506. The molecule has 1 aliphatic heterocycles. The molecular weight excluding hydrogens is 371 g/mol. The molecule has 1 aromatic carbocycles. The summed E-state index contributed by atoms with van der Waals surface area (Å²) < 4.78 is 20.7. The summed E-state index contributed by atoms with van der Waals surface area (Å²) in [5.41, 5.74) is 2.87. The molecule has 3 heterocycles. The van der Waals surface area contributed by atoms with E-state index in [1.54, 1.807) is 29.9 Å². The lowest BCUT2D eigenvalue weighted by Crippen LogP contribution is -2.42. The molecule has 1 amide bonds. The Morgan fingerprint density at radius 2 is 1.86 bits per heavy atom. The predicted molar refractivity (Wildman–Crippen MR) is 107 cm³/mol. The normalized spacial score (nSPS) is 14.8. The number of carbonyl (C=O) groups excluding carboxylic acids is 1. The van der Waals surface area contributed by atoms with Gasteiger partial charge in [-0.05, 0) is 43.3 Å². The van der Waals surface area contributed by atoms with Crippen molar-refractivity contribution in [1.82, 2.24) is 19.7 Å². The zero-order chi connectivity index (χ0) is 20.4. The van der Waals surface area contributed by atoms with Gasteiger partial charge in [0.2, 0.25) is 5.88 Å². The standard InChI is InChI=1S/C22H23FN4O2/c1-15-4-3-5-21(24-15)29-18-10-12-27(13-11-18)22(28)20-14-19(25-26(20)2)16-6-8-17(23)9-7-16/h3-9,14,18H,10-13H2,1-2H3. The van der Waals surface area contributed by atoms with Gasteiger partial charge < -0.3 is 9.64 Å². The molecule has 0 radical (unpaired) electrons. The first-order valence-corrected chi connectivity index (χ1v) is 9.69. The summed E-state index contributed by atoms with van der Waals surface area (Å²) in [6.07, 6.45) is 1.56. The van der Waals surface area contributed by atoms with Gasteiger partial charge >= 0.3 is 0 Å². The Balaban J connectivity index is 1.40. The quantitative estimate of drug-likeness (QED) is 0.678. The van der Waals surface area contributed by atoms with Crippen molar-refractivity contribution in [2.45, 2.75) is 25.9 Å². The Kier molecular flexibility index (Phi) is 5.29. The van der Waals surface area contributed by atoms with E-state index in [9.17, 15) is 9.18 Å². The topological polar surface area (TPSA) is 60.2 Å². The molecule has 0 N–H and O–H groups in total. The number of likely N-dealkylation sites (tertiary alicyclic amines) is 1. The summed E-state index contributed by atoms with van der Waals surface area (Å²) in [4.78, 5) is 19.2. The Bertz CT molecular complexity index is 1010. The molecule has 2 aromatic heterocycles.